The van der Waals surface area contributed by atoms with Crippen molar-refractivity contribution in [3.05, 3.63) is 52.5 Å². The lowest BCUT2D eigenvalue weighted by molar-refractivity contribution is -0.131. The van der Waals surface area contributed by atoms with Crippen LogP contribution in [0.15, 0.2) is 24.3 Å². The SMILES string of the molecule is Cc1ccc2c(c1)C(=O)N(CCCC(=O)N1CCN(c3cc(C)nc(C(C)C)n3)CC1)C2=O. The molecule has 1 saturated heterocycles. The molecule has 1 aromatic heterocycles. The van der Waals surface area contributed by atoms with E-state index in [1.807, 2.05) is 30.9 Å². The molecule has 33 heavy (non-hydrogen) atoms. The number of aryl methyl sites for hydroxylation is 2. The molecule has 1 aromatic carbocycles. The number of benzene rings is 1. The van der Waals surface area contributed by atoms with Gasteiger partial charge in [-0.3, -0.25) is 19.3 Å². The first-order valence-electron chi connectivity index (χ1n) is 11.6. The molecular formula is C25H31N5O3. The van der Waals surface area contributed by atoms with Crippen LogP contribution in [0, 0.1) is 13.8 Å². The number of fused-ring (bicyclic) bond motifs is 1. The molecule has 174 valence electrons. The van der Waals surface area contributed by atoms with Crippen molar-refractivity contribution in [2.24, 2.45) is 0 Å². The molecule has 0 unspecified atom stereocenters. The van der Waals surface area contributed by atoms with Crippen molar-refractivity contribution in [2.75, 3.05) is 37.6 Å². The molecule has 0 radical (unpaired) electrons. The van der Waals surface area contributed by atoms with Gasteiger partial charge in [0.05, 0.1) is 11.1 Å². The molecule has 0 atom stereocenters. The number of piperazine rings is 1. The van der Waals surface area contributed by atoms with Crippen LogP contribution in [0.4, 0.5) is 5.82 Å². The van der Waals surface area contributed by atoms with E-state index in [1.54, 1.807) is 12.1 Å². The van der Waals surface area contributed by atoms with E-state index in [-0.39, 0.29) is 30.2 Å². The fourth-order valence-corrected chi connectivity index (χ4v) is 4.33. The zero-order chi connectivity index (χ0) is 23.7. The van der Waals surface area contributed by atoms with Crippen molar-refractivity contribution in [1.29, 1.82) is 0 Å². The molecule has 0 N–H and O–H groups in total. The molecular weight excluding hydrogens is 418 g/mol. The minimum atomic E-state index is -0.267. The Balaban J connectivity index is 1.27. The van der Waals surface area contributed by atoms with Gasteiger partial charge in [-0.15, -0.1) is 0 Å². The molecule has 2 aromatic rings. The number of nitrogens with zero attached hydrogens (tertiary/aromatic N) is 5. The van der Waals surface area contributed by atoms with Crippen LogP contribution in [0.1, 0.15) is 70.4 Å². The second-order valence-corrected chi connectivity index (χ2v) is 9.16. The van der Waals surface area contributed by atoms with E-state index in [0.717, 1.165) is 36.0 Å². The van der Waals surface area contributed by atoms with Gasteiger partial charge in [0.25, 0.3) is 11.8 Å². The summed E-state index contributed by atoms with van der Waals surface area (Å²) in [6.07, 6.45) is 0.781. The number of carbonyl (C=O) groups excluding carboxylic acids is 3. The maximum Gasteiger partial charge on any atom is 0.261 e. The quantitative estimate of drug-likeness (QED) is 0.631. The van der Waals surface area contributed by atoms with Gasteiger partial charge in [0.15, 0.2) is 0 Å². The Morgan fingerprint density at radius 1 is 0.970 bits per heavy atom. The first-order valence-corrected chi connectivity index (χ1v) is 11.6. The first-order chi connectivity index (χ1) is 15.7. The molecule has 2 aliphatic rings. The van der Waals surface area contributed by atoms with E-state index in [0.29, 0.717) is 37.1 Å². The summed E-state index contributed by atoms with van der Waals surface area (Å²) >= 11 is 0. The van der Waals surface area contributed by atoms with Gasteiger partial charge in [-0.2, -0.15) is 0 Å². The van der Waals surface area contributed by atoms with Gasteiger partial charge in [-0.05, 0) is 32.4 Å². The van der Waals surface area contributed by atoms with E-state index in [4.69, 9.17) is 4.98 Å². The van der Waals surface area contributed by atoms with Gasteiger partial charge >= 0.3 is 0 Å². The highest BCUT2D eigenvalue weighted by Crippen LogP contribution is 2.24. The second kappa shape index (κ2) is 9.29. The molecule has 3 heterocycles. The predicted octanol–water partition coefficient (Wildman–Crippen LogP) is 2.94. The minimum Gasteiger partial charge on any atom is -0.353 e. The molecule has 0 saturated carbocycles. The number of hydrogen-bond acceptors (Lipinski definition) is 6. The van der Waals surface area contributed by atoms with Gasteiger partial charge in [0, 0.05) is 56.8 Å². The Hall–Kier alpha value is -3.29. The lowest BCUT2D eigenvalue weighted by atomic mass is 10.1. The number of aromatic nitrogens is 2. The number of carbonyl (C=O) groups is 3. The zero-order valence-corrected chi connectivity index (χ0v) is 19.8. The summed E-state index contributed by atoms with van der Waals surface area (Å²) in [4.78, 5) is 52.4. The summed E-state index contributed by atoms with van der Waals surface area (Å²) in [6, 6.07) is 7.29. The van der Waals surface area contributed by atoms with Crippen molar-refractivity contribution in [3.8, 4) is 0 Å². The van der Waals surface area contributed by atoms with Crippen LogP contribution in [0.25, 0.3) is 0 Å². The van der Waals surface area contributed by atoms with Crippen molar-refractivity contribution in [2.45, 2.75) is 46.5 Å². The molecule has 0 bridgehead atoms. The number of hydrogen-bond donors (Lipinski definition) is 0. The highest BCUT2D eigenvalue weighted by atomic mass is 16.2. The van der Waals surface area contributed by atoms with Crippen molar-refractivity contribution in [1.82, 2.24) is 19.8 Å². The fraction of sp³-hybridized carbons (Fsp3) is 0.480. The second-order valence-electron chi connectivity index (χ2n) is 9.16. The van der Waals surface area contributed by atoms with Crippen molar-refractivity contribution in [3.63, 3.8) is 0 Å². The number of amides is 3. The summed E-state index contributed by atoms with van der Waals surface area (Å²) in [5.41, 5.74) is 2.81. The van der Waals surface area contributed by atoms with Crippen molar-refractivity contribution >= 4 is 23.5 Å². The molecule has 3 amide bonds. The van der Waals surface area contributed by atoms with Crippen LogP contribution >= 0.6 is 0 Å². The van der Waals surface area contributed by atoms with Crippen molar-refractivity contribution < 1.29 is 14.4 Å². The molecule has 0 aliphatic carbocycles. The van der Waals surface area contributed by atoms with Gasteiger partial charge in [0.1, 0.15) is 11.6 Å². The van der Waals surface area contributed by atoms with Crippen LogP contribution in [0.3, 0.4) is 0 Å². The highest BCUT2D eigenvalue weighted by molar-refractivity contribution is 6.21. The average Bonchev–Trinajstić information content (AvgIpc) is 3.02. The summed E-state index contributed by atoms with van der Waals surface area (Å²) in [5, 5.41) is 0. The third kappa shape index (κ3) is 4.74. The summed E-state index contributed by atoms with van der Waals surface area (Å²) in [5.74, 6) is 1.55. The normalized spacial score (nSPS) is 16.1. The zero-order valence-electron chi connectivity index (χ0n) is 19.8. The lowest BCUT2D eigenvalue weighted by Gasteiger charge is -2.35. The Morgan fingerprint density at radius 3 is 2.36 bits per heavy atom. The number of rotatable bonds is 6. The Morgan fingerprint density at radius 2 is 1.67 bits per heavy atom. The number of anilines is 1. The van der Waals surface area contributed by atoms with Gasteiger partial charge in [-0.1, -0.05) is 25.5 Å². The van der Waals surface area contributed by atoms with Crippen LogP contribution in [-0.2, 0) is 4.79 Å². The van der Waals surface area contributed by atoms with E-state index < -0.39 is 0 Å². The smallest absolute Gasteiger partial charge is 0.261 e. The maximum atomic E-state index is 12.7. The first kappa shape index (κ1) is 22.9. The monoisotopic (exact) mass is 449 g/mol. The van der Waals surface area contributed by atoms with Gasteiger partial charge in [0.2, 0.25) is 5.91 Å². The minimum absolute atomic E-state index is 0.0591. The molecule has 4 rings (SSSR count). The van der Waals surface area contributed by atoms with E-state index in [1.165, 1.54) is 4.90 Å². The van der Waals surface area contributed by atoms with E-state index in [9.17, 15) is 14.4 Å². The Labute approximate surface area is 194 Å². The summed E-state index contributed by atoms with van der Waals surface area (Å²) in [7, 11) is 0. The lowest BCUT2D eigenvalue weighted by Crippen LogP contribution is -2.49. The average molecular weight is 450 g/mol. The molecule has 2 aliphatic heterocycles. The largest absolute Gasteiger partial charge is 0.353 e. The molecule has 8 nitrogen and oxygen atoms in total. The topological polar surface area (TPSA) is 86.7 Å². The molecule has 1 fully saturated rings. The highest BCUT2D eigenvalue weighted by Gasteiger charge is 2.35. The Bertz CT molecular complexity index is 1090. The standard InChI is InChI=1S/C25H31N5O3/c1-16(2)23-26-18(4)15-21(27-23)28-10-12-29(13-11-28)22(31)6-5-9-30-24(32)19-8-7-17(3)14-20(19)25(30)33/h7-8,14-16H,5-6,9-13H2,1-4H3. The Kier molecular flexibility index (Phi) is 6.44. The van der Waals surface area contributed by atoms with Gasteiger partial charge < -0.3 is 9.80 Å². The van der Waals surface area contributed by atoms with Crippen LogP contribution in [-0.4, -0.2) is 70.2 Å². The van der Waals surface area contributed by atoms with E-state index >= 15 is 0 Å². The van der Waals surface area contributed by atoms with Crippen LogP contribution in [0.2, 0.25) is 0 Å². The van der Waals surface area contributed by atoms with Crippen LogP contribution < -0.4 is 4.90 Å². The summed E-state index contributed by atoms with van der Waals surface area (Å²) < 4.78 is 0. The van der Waals surface area contributed by atoms with Crippen LogP contribution in [0.5, 0.6) is 0 Å². The third-order valence-electron chi connectivity index (χ3n) is 6.23. The maximum absolute atomic E-state index is 12.7. The van der Waals surface area contributed by atoms with Gasteiger partial charge in [-0.25, -0.2) is 9.97 Å². The predicted molar refractivity (Wildman–Crippen MR) is 125 cm³/mol. The third-order valence-corrected chi connectivity index (χ3v) is 6.23. The summed E-state index contributed by atoms with van der Waals surface area (Å²) in [6.45, 7) is 11.0. The fourth-order valence-electron chi connectivity index (χ4n) is 4.33. The van der Waals surface area contributed by atoms with E-state index in [2.05, 4.69) is 23.7 Å². The molecule has 0 spiro atoms. The molecule has 8 heteroatoms. The number of imide groups is 1.